The van der Waals surface area contributed by atoms with E-state index in [2.05, 4.69) is 19.7 Å². The molecule has 4 rings (SSSR count). The summed E-state index contributed by atoms with van der Waals surface area (Å²) in [6.45, 7) is 13.8. The molecule has 6 nitrogen and oxygen atoms in total. The smallest absolute Gasteiger partial charge is 0.338 e. The van der Waals surface area contributed by atoms with Gasteiger partial charge in [-0.05, 0) is 67.1 Å². The van der Waals surface area contributed by atoms with E-state index in [1.165, 1.54) is 32.0 Å². The molecule has 3 aromatic rings. The number of hydrogen-bond donors (Lipinski definition) is 0. The van der Waals surface area contributed by atoms with Crippen molar-refractivity contribution < 1.29 is 33.0 Å². The number of carbonyl (C=O) groups is 3. The lowest BCUT2D eigenvalue weighted by molar-refractivity contribution is -0.138. The molecule has 0 bridgehead atoms. The molecule has 0 spiro atoms. The van der Waals surface area contributed by atoms with Crippen LogP contribution in [0.3, 0.4) is 0 Å². The van der Waals surface area contributed by atoms with Crippen molar-refractivity contribution in [2.75, 3.05) is 6.61 Å². The minimum Gasteiger partial charge on any atom is -0.462 e. The quantitative estimate of drug-likeness (QED) is 0.167. The zero-order valence-corrected chi connectivity index (χ0v) is 22.4. The van der Waals surface area contributed by atoms with E-state index in [0.29, 0.717) is 22.3 Å². The second kappa shape index (κ2) is 11.9. The van der Waals surface area contributed by atoms with Gasteiger partial charge in [-0.1, -0.05) is 50.1 Å². The molecule has 7 heteroatoms. The van der Waals surface area contributed by atoms with Crippen LogP contribution >= 0.6 is 0 Å². The van der Waals surface area contributed by atoms with E-state index >= 15 is 4.39 Å². The van der Waals surface area contributed by atoms with Gasteiger partial charge >= 0.3 is 17.9 Å². The molecule has 0 aromatic heterocycles. The number of aryl methyl sites for hydroxylation is 1. The summed E-state index contributed by atoms with van der Waals surface area (Å²) >= 11 is 0. The number of halogens is 1. The number of benzene rings is 3. The fraction of sp³-hybridized carbons (Fsp3) is 0.182. The molecule has 0 N–H and O–H groups in total. The first-order chi connectivity index (χ1) is 19.1. The van der Waals surface area contributed by atoms with Crippen LogP contribution < -0.4 is 9.47 Å². The standard InChI is InChI=1S/C33H29FO6/c1-6-31(35)38-18-24-10-8-21-7-9-22(15-28(21)24)26-13-11-23(16-29(26)34)27-14-12-25(39-32(36)19(2)3)17-30(27)40-33(37)20(4)5/h6-7,9,11-17,24H,1-2,4,8,10,18H2,3,5H3. The molecule has 0 saturated heterocycles. The summed E-state index contributed by atoms with van der Waals surface area (Å²) in [6.07, 6.45) is 2.83. The van der Waals surface area contributed by atoms with Gasteiger partial charge in [0.1, 0.15) is 17.3 Å². The minimum atomic E-state index is -0.673. The summed E-state index contributed by atoms with van der Waals surface area (Å²) in [5.74, 6) is -1.98. The van der Waals surface area contributed by atoms with Crippen molar-refractivity contribution in [2.24, 2.45) is 0 Å². The highest BCUT2D eigenvalue weighted by atomic mass is 19.1. The van der Waals surface area contributed by atoms with Gasteiger partial charge in [0.25, 0.3) is 0 Å². The Morgan fingerprint density at radius 2 is 1.55 bits per heavy atom. The first-order valence-electron chi connectivity index (χ1n) is 12.7. The van der Waals surface area contributed by atoms with Crippen molar-refractivity contribution in [1.29, 1.82) is 0 Å². The van der Waals surface area contributed by atoms with Crippen LogP contribution in [0.15, 0.2) is 91.6 Å². The number of hydrogen-bond acceptors (Lipinski definition) is 6. The predicted octanol–water partition coefficient (Wildman–Crippen LogP) is 6.88. The second-order valence-corrected chi connectivity index (χ2v) is 9.68. The van der Waals surface area contributed by atoms with E-state index in [-0.39, 0.29) is 35.2 Å². The Kier molecular flexibility index (Phi) is 8.43. The zero-order chi connectivity index (χ0) is 29.0. The maximum absolute atomic E-state index is 15.6. The van der Waals surface area contributed by atoms with Crippen molar-refractivity contribution >= 4 is 17.9 Å². The minimum absolute atomic E-state index is 0.0317. The third-order valence-corrected chi connectivity index (χ3v) is 6.60. The number of ether oxygens (including phenoxy) is 3. The largest absolute Gasteiger partial charge is 0.462 e. The molecule has 0 fully saturated rings. The maximum atomic E-state index is 15.6. The molecule has 204 valence electrons. The van der Waals surface area contributed by atoms with E-state index in [9.17, 15) is 14.4 Å². The summed E-state index contributed by atoms with van der Waals surface area (Å²) in [5, 5.41) is 0. The van der Waals surface area contributed by atoms with Gasteiger partial charge in [-0.2, -0.15) is 0 Å². The van der Waals surface area contributed by atoms with Crippen LogP contribution in [0.1, 0.15) is 37.3 Å². The Hall–Kier alpha value is -4.78. The Morgan fingerprint density at radius 1 is 0.900 bits per heavy atom. The van der Waals surface area contributed by atoms with Crippen LogP contribution in [0.4, 0.5) is 4.39 Å². The first-order valence-corrected chi connectivity index (χ1v) is 12.7. The fourth-order valence-corrected chi connectivity index (χ4v) is 4.46. The third kappa shape index (κ3) is 6.26. The molecule has 0 radical (unpaired) electrons. The topological polar surface area (TPSA) is 78.9 Å². The van der Waals surface area contributed by atoms with Gasteiger partial charge in [0.2, 0.25) is 0 Å². The highest BCUT2D eigenvalue weighted by molar-refractivity contribution is 5.91. The van der Waals surface area contributed by atoms with Gasteiger partial charge in [0, 0.05) is 40.3 Å². The van der Waals surface area contributed by atoms with E-state index in [1.54, 1.807) is 18.2 Å². The van der Waals surface area contributed by atoms with E-state index < -0.39 is 23.7 Å². The number of carbonyl (C=O) groups excluding carboxylic acids is 3. The number of rotatable bonds is 9. The summed E-state index contributed by atoms with van der Waals surface area (Å²) in [4.78, 5) is 35.8. The Balaban J connectivity index is 1.66. The van der Waals surface area contributed by atoms with E-state index in [4.69, 9.17) is 14.2 Å². The summed E-state index contributed by atoms with van der Waals surface area (Å²) in [5.41, 5.74) is 4.54. The molecule has 3 aromatic carbocycles. The lowest BCUT2D eigenvalue weighted by atomic mass is 9.94. The zero-order valence-electron chi connectivity index (χ0n) is 22.4. The average Bonchev–Trinajstić information content (AvgIpc) is 3.33. The van der Waals surface area contributed by atoms with Crippen LogP contribution in [0.5, 0.6) is 11.5 Å². The first kappa shape index (κ1) is 28.2. The van der Waals surface area contributed by atoms with Crippen LogP contribution in [0.25, 0.3) is 22.3 Å². The number of fused-ring (bicyclic) bond motifs is 1. The van der Waals surface area contributed by atoms with Gasteiger partial charge in [0.15, 0.2) is 0 Å². The van der Waals surface area contributed by atoms with Crippen molar-refractivity contribution in [3.05, 3.63) is 109 Å². The SMILES string of the molecule is C=CC(=O)OCC1CCc2ccc(-c3ccc(-c4ccc(OC(=O)C(=C)C)cc4OC(=O)C(=C)C)cc3F)cc21. The average molecular weight is 541 g/mol. The van der Waals surface area contributed by atoms with Gasteiger partial charge in [0.05, 0.1) is 6.61 Å². The maximum Gasteiger partial charge on any atom is 0.338 e. The second-order valence-electron chi connectivity index (χ2n) is 9.68. The Bertz CT molecular complexity index is 1550. The molecule has 0 aliphatic heterocycles. The molecule has 1 aliphatic rings. The van der Waals surface area contributed by atoms with Gasteiger partial charge in [-0.3, -0.25) is 0 Å². The van der Waals surface area contributed by atoms with Crippen molar-refractivity contribution in [3.63, 3.8) is 0 Å². The summed E-state index contributed by atoms with van der Waals surface area (Å²) < 4.78 is 31.6. The summed E-state index contributed by atoms with van der Waals surface area (Å²) in [7, 11) is 0. The Labute approximate surface area is 232 Å². The van der Waals surface area contributed by atoms with Crippen LogP contribution in [-0.2, 0) is 25.5 Å². The van der Waals surface area contributed by atoms with Gasteiger partial charge in [-0.25, -0.2) is 18.8 Å². The molecule has 1 atom stereocenters. The highest BCUT2D eigenvalue weighted by Crippen LogP contribution is 2.39. The van der Waals surface area contributed by atoms with Gasteiger partial charge in [-0.15, -0.1) is 0 Å². The van der Waals surface area contributed by atoms with E-state index in [1.807, 2.05) is 18.2 Å². The molecule has 1 aliphatic carbocycles. The third-order valence-electron chi connectivity index (χ3n) is 6.60. The molecular weight excluding hydrogens is 511 g/mol. The lowest BCUT2D eigenvalue weighted by Gasteiger charge is -2.15. The monoisotopic (exact) mass is 540 g/mol. The van der Waals surface area contributed by atoms with Crippen LogP contribution in [0.2, 0.25) is 0 Å². The normalized spacial score (nSPS) is 13.6. The summed E-state index contributed by atoms with van der Waals surface area (Å²) in [6, 6.07) is 15.0. The highest BCUT2D eigenvalue weighted by Gasteiger charge is 2.25. The fourth-order valence-electron chi connectivity index (χ4n) is 4.46. The molecule has 0 amide bonds. The molecule has 40 heavy (non-hydrogen) atoms. The number of esters is 3. The molecule has 0 heterocycles. The molecule has 0 saturated carbocycles. The van der Waals surface area contributed by atoms with Crippen LogP contribution in [0, 0.1) is 5.82 Å². The predicted molar refractivity (Wildman–Crippen MR) is 150 cm³/mol. The lowest BCUT2D eigenvalue weighted by Crippen LogP contribution is -2.11. The van der Waals surface area contributed by atoms with E-state index in [0.717, 1.165) is 30.0 Å². The van der Waals surface area contributed by atoms with Gasteiger partial charge < -0.3 is 14.2 Å². The van der Waals surface area contributed by atoms with Crippen molar-refractivity contribution in [3.8, 4) is 33.8 Å². The molecule has 1 unspecified atom stereocenters. The van der Waals surface area contributed by atoms with Crippen LogP contribution in [-0.4, -0.2) is 24.5 Å². The van der Waals surface area contributed by atoms with Crippen molar-refractivity contribution in [1.82, 2.24) is 0 Å². The Morgan fingerprint density at radius 3 is 2.23 bits per heavy atom. The molecular formula is C33H29FO6. The van der Waals surface area contributed by atoms with Crippen molar-refractivity contribution in [2.45, 2.75) is 32.6 Å².